The molecule has 0 unspecified atom stereocenters. The maximum absolute atomic E-state index is 12.7. The summed E-state index contributed by atoms with van der Waals surface area (Å²) in [5.74, 6) is 0.188. The topological polar surface area (TPSA) is 116 Å². The van der Waals surface area contributed by atoms with Crippen LogP contribution in [-0.2, 0) is 9.53 Å². The molecule has 3 aromatic rings. The second kappa shape index (κ2) is 7.67. The monoisotopic (exact) mass is 407 g/mol. The van der Waals surface area contributed by atoms with Crippen LogP contribution in [0.4, 0.5) is 5.69 Å². The van der Waals surface area contributed by atoms with Crippen LogP contribution in [0, 0.1) is 18.3 Å². The Balaban J connectivity index is 1.48. The van der Waals surface area contributed by atoms with E-state index in [1.54, 1.807) is 54.2 Å². The van der Waals surface area contributed by atoms with E-state index in [-0.39, 0.29) is 29.6 Å². The predicted molar refractivity (Wildman–Crippen MR) is 104 cm³/mol. The second-order valence-corrected chi connectivity index (χ2v) is 6.52. The molecule has 1 aromatic carbocycles. The van der Waals surface area contributed by atoms with Crippen molar-refractivity contribution in [1.29, 1.82) is 5.26 Å². The van der Waals surface area contributed by atoms with Crippen LogP contribution in [0.15, 0.2) is 47.1 Å². The summed E-state index contributed by atoms with van der Waals surface area (Å²) in [5, 5.41) is 12.2. The van der Waals surface area contributed by atoms with Crippen LogP contribution in [0.5, 0.6) is 11.5 Å². The maximum atomic E-state index is 12.7. The summed E-state index contributed by atoms with van der Waals surface area (Å²) >= 11 is 0. The lowest BCUT2D eigenvalue weighted by Gasteiger charge is -2.13. The number of carbonyl (C=O) groups excluding carboxylic acids is 2. The van der Waals surface area contributed by atoms with Crippen molar-refractivity contribution in [2.75, 3.05) is 12.1 Å². The van der Waals surface area contributed by atoms with Gasteiger partial charge in [-0.1, -0.05) is 0 Å². The molecule has 0 radical (unpaired) electrons. The minimum absolute atomic E-state index is 0.0103. The lowest BCUT2D eigenvalue weighted by molar-refractivity contribution is -0.123. The standard InChI is InChI=1S/C21H17N3O6/c1-12-18(15(10-22)20(29-12)24-7-3-4-8-24)21(26)30-13(2)19(25)23-14-5-6-16-17(9-14)28-11-27-16/h3-9,13H,11H2,1-2H3,(H,23,25)/t13-/m1/s1. The number of benzene rings is 1. The molecule has 0 fully saturated rings. The molecule has 0 saturated heterocycles. The van der Waals surface area contributed by atoms with Gasteiger partial charge < -0.3 is 23.9 Å². The number of ether oxygens (including phenoxy) is 3. The number of esters is 1. The molecule has 1 atom stereocenters. The van der Waals surface area contributed by atoms with Gasteiger partial charge in [0.25, 0.3) is 5.91 Å². The van der Waals surface area contributed by atoms with E-state index in [0.29, 0.717) is 17.2 Å². The van der Waals surface area contributed by atoms with E-state index >= 15 is 0 Å². The molecule has 9 heteroatoms. The number of amides is 1. The molecule has 30 heavy (non-hydrogen) atoms. The van der Waals surface area contributed by atoms with Crippen molar-refractivity contribution in [3.63, 3.8) is 0 Å². The third-order valence-electron chi connectivity index (χ3n) is 4.51. The van der Waals surface area contributed by atoms with Gasteiger partial charge in [0.2, 0.25) is 12.7 Å². The van der Waals surface area contributed by atoms with Crippen LogP contribution in [0.1, 0.15) is 28.6 Å². The van der Waals surface area contributed by atoms with Crippen molar-refractivity contribution in [1.82, 2.24) is 4.57 Å². The Morgan fingerprint density at radius 1 is 1.23 bits per heavy atom. The molecular weight excluding hydrogens is 390 g/mol. The average molecular weight is 407 g/mol. The summed E-state index contributed by atoms with van der Waals surface area (Å²) in [6.45, 7) is 3.12. The van der Waals surface area contributed by atoms with Gasteiger partial charge in [0.15, 0.2) is 17.6 Å². The zero-order chi connectivity index (χ0) is 21.3. The first-order valence-corrected chi connectivity index (χ1v) is 9.06. The van der Waals surface area contributed by atoms with E-state index in [2.05, 4.69) is 5.32 Å². The van der Waals surface area contributed by atoms with Gasteiger partial charge in [-0.05, 0) is 38.1 Å². The van der Waals surface area contributed by atoms with Gasteiger partial charge in [0, 0.05) is 24.1 Å². The van der Waals surface area contributed by atoms with E-state index < -0.39 is 18.0 Å². The highest BCUT2D eigenvalue weighted by Crippen LogP contribution is 2.34. The summed E-state index contributed by atoms with van der Waals surface area (Å²) < 4.78 is 23.0. The number of rotatable bonds is 5. The van der Waals surface area contributed by atoms with E-state index in [1.165, 1.54) is 6.92 Å². The lowest BCUT2D eigenvalue weighted by atomic mass is 10.1. The van der Waals surface area contributed by atoms with E-state index in [4.69, 9.17) is 18.6 Å². The molecule has 2 aromatic heterocycles. The molecule has 9 nitrogen and oxygen atoms in total. The van der Waals surface area contributed by atoms with E-state index in [1.807, 2.05) is 6.07 Å². The highest BCUT2D eigenvalue weighted by atomic mass is 16.7. The fraction of sp³-hybridized carbons (Fsp3) is 0.190. The normalized spacial score (nSPS) is 12.8. The number of furan rings is 1. The molecule has 0 aliphatic carbocycles. The Labute approximate surface area is 171 Å². The van der Waals surface area contributed by atoms with Gasteiger partial charge in [-0.25, -0.2) is 4.79 Å². The zero-order valence-corrected chi connectivity index (χ0v) is 16.2. The van der Waals surface area contributed by atoms with Gasteiger partial charge in [-0.3, -0.25) is 9.36 Å². The molecule has 3 heterocycles. The van der Waals surface area contributed by atoms with Crippen molar-refractivity contribution in [3.05, 3.63) is 59.6 Å². The molecule has 1 amide bonds. The summed E-state index contributed by atoms with van der Waals surface area (Å²) in [6, 6.07) is 10.4. The molecule has 1 aliphatic rings. The van der Waals surface area contributed by atoms with Crippen LogP contribution >= 0.6 is 0 Å². The third kappa shape index (κ3) is 3.46. The highest BCUT2D eigenvalue weighted by Gasteiger charge is 2.28. The van der Waals surface area contributed by atoms with Gasteiger partial charge in [-0.2, -0.15) is 5.26 Å². The maximum Gasteiger partial charge on any atom is 0.343 e. The number of nitrogens with zero attached hydrogens (tertiary/aromatic N) is 2. The summed E-state index contributed by atoms with van der Waals surface area (Å²) in [6.07, 6.45) is 2.27. The van der Waals surface area contributed by atoms with Crippen LogP contribution in [0.25, 0.3) is 5.88 Å². The Kier molecular flexibility index (Phi) is 4.90. The fourth-order valence-corrected chi connectivity index (χ4v) is 3.02. The summed E-state index contributed by atoms with van der Waals surface area (Å²) in [4.78, 5) is 25.1. The molecule has 4 rings (SSSR count). The quantitative estimate of drug-likeness (QED) is 0.646. The van der Waals surface area contributed by atoms with Crippen molar-refractivity contribution in [2.45, 2.75) is 20.0 Å². The third-order valence-corrected chi connectivity index (χ3v) is 4.51. The second-order valence-electron chi connectivity index (χ2n) is 6.52. The SMILES string of the molecule is Cc1oc(-n2cccc2)c(C#N)c1C(=O)O[C@H](C)C(=O)Nc1ccc2c(c1)OCO2. The molecule has 0 spiro atoms. The summed E-state index contributed by atoms with van der Waals surface area (Å²) in [5.41, 5.74) is 0.500. The number of hydrogen-bond acceptors (Lipinski definition) is 7. The van der Waals surface area contributed by atoms with Crippen molar-refractivity contribution in [3.8, 4) is 23.5 Å². The average Bonchev–Trinajstić information content (AvgIpc) is 3.46. The molecule has 0 saturated carbocycles. The van der Waals surface area contributed by atoms with Gasteiger partial charge in [0.05, 0.1) is 0 Å². The Morgan fingerprint density at radius 2 is 1.97 bits per heavy atom. The highest BCUT2D eigenvalue weighted by molar-refractivity contribution is 5.99. The van der Waals surface area contributed by atoms with E-state index in [0.717, 1.165) is 0 Å². The van der Waals surface area contributed by atoms with Crippen molar-refractivity contribution in [2.24, 2.45) is 0 Å². The number of fused-ring (bicyclic) bond motifs is 1. The number of aryl methyl sites for hydroxylation is 1. The number of nitrogens with one attached hydrogen (secondary N) is 1. The van der Waals surface area contributed by atoms with Crippen LogP contribution < -0.4 is 14.8 Å². The largest absolute Gasteiger partial charge is 0.454 e. The Bertz CT molecular complexity index is 1160. The van der Waals surface area contributed by atoms with Crippen LogP contribution in [0.3, 0.4) is 0 Å². The number of aromatic nitrogens is 1. The lowest BCUT2D eigenvalue weighted by Crippen LogP contribution is -2.30. The minimum atomic E-state index is -1.11. The first-order chi connectivity index (χ1) is 14.5. The number of carbonyl (C=O) groups is 2. The smallest absolute Gasteiger partial charge is 0.343 e. The first-order valence-electron chi connectivity index (χ1n) is 9.06. The molecule has 1 N–H and O–H groups in total. The molecule has 0 bridgehead atoms. The first kappa shape index (κ1) is 19.1. The van der Waals surface area contributed by atoms with Crippen molar-refractivity contribution < 1.29 is 28.2 Å². The number of hydrogen-bond donors (Lipinski definition) is 1. The summed E-state index contributed by atoms with van der Waals surface area (Å²) in [7, 11) is 0. The Morgan fingerprint density at radius 3 is 2.70 bits per heavy atom. The van der Waals surface area contributed by atoms with Gasteiger partial charge in [0.1, 0.15) is 23.0 Å². The fourth-order valence-electron chi connectivity index (χ4n) is 3.02. The zero-order valence-electron chi connectivity index (χ0n) is 16.2. The van der Waals surface area contributed by atoms with E-state index in [9.17, 15) is 14.9 Å². The van der Waals surface area contributed by atoms with Gasteiger partial charge in [-0.15, -0.1) is 0 Å². The predicted octanol–water partition coefficient (Wildman–Crippen LogP) is 3.16. The molecular formula is C21H17N3O6. The molecule has 152 valence electrons. The minimum Gasteiger partial charge on any atom is -0.454 e. The van der Waals surface area contributed by atoms with Crippen molar-refractivity contribution >= 4 is 17.6 Å². The number of nitriles is 1. The number of anilines is 1. The van der Waals surface area contributed by atoms with Gasteiger partial charge >= 0.3 is 5.97 Å². The molecule has 1 aliphatic heterocycles. The Hall–Kier alpha value is -4.19. The van der Waals surface area contributed by atoms with Crippen LogP contribution in [-0.4, -0.2) is 29.3 Å². The van der Waals surface area contributed by atoms with Crippen LogP contribution in [0.2, 0.25) is 0 Å².